The van der Waals surface area contributed by atoms with Gasteiger partial charge in [-0.2, -0.15) is 0 Å². The molecule has 0 spiro atoms. The van der Waals surface area contributed by atoms with Crippen molar-refractivity contribution in [2.45, 2.75) is 131 Å². The molecule has 0 aromatic heterocycles. The number of aliphatic carboxylic acids is 1. The lowest BCUT2D eigenvalue weighted by atomic mass is 9.33. The van der Waals surface area contributed by atoms with Gasteiger partial charge in [0.25, 0.3) is 0 Å². The second-order valence-corrected chi connectivity index (χ2v) is 17.0. The highest BCUT2D eigenvalue weighted by molar-refractivity contribution is 5.78. The minimum atomic E-state index is -1.12. The van der Waals surface area contributed by atoms with Crippen LogP contribution in [-0.4, -0.2) is 58.6 Å². The second-order valence-electron chi connectivity index (χ2n) is 17.0. The number of ether oxygens (including phenoxy) is 2. The van der Waals surface area contributed by atoms with Crippen molar-refractivity contribution in [1.82, 2.24) is 0 Å². The molecule has 0 aromatic rings. The molecule has 0 amide bonds. The summed E-state index contributed by atoms with van der Waals surface area (Å²) in [5.41, 5.74) is 0.670. The van der Waals surface area contributed by atoms with Crippen molar-refractivity contribution in [3.05, 3.63) is 11.6 Å². The van der Waals surface area contributed by atoms with Crippen molar-refractivity contribution < 1.29 is 39.2 Å². The van der Waals surface area contributed by atoms with E-state index in [0.717, 1.165) is 57.8 Å². The van der Waals surface area contributed by atoms with Gasteiger partial charge in [0.2, 0.25) is 0 Å². The quantitative estimate of drug-likeness (QED) is 0.210. The molecule has 5 aliphatic carbocycles. The molecule has 4 fully saturated rings. The van der Waals surface area contributed by atoms with E-state index in [1.807, 2.05) is 0 Å². The standard InChI is InChI=1S/C37H58O8/c1-22-12-17-37(32(42)43)19-18-35(6)25(31(37)23(22)2)8-9-27-34(5)15-14-28(33(3,4)26(34)13-16-36(27,35)7)45-30(41)11-10-29(40)44-21-24(39)20-38/h8,22-24,26-28,31,38-39H,9-21H2,1-7H3,(H,42,43)/t22-,23+,24?,26+,27-,28+,31?,34+,35-,36-,37+/m1/s1. The van der Waals surface area contributed by atoms with E-state index in [2.05, 4.69) is 54.5 Å². The molecule has 5 rings (SSSR count). The van der Waals surface area contributed by atoms with E-state index < -0.39 is 36.0 Å². The lowest BCUT2D eigenvalue weighted by Gasteiger charge is -2.71. The molecule has 11 atom stereocenters. The normalized spacial score (nSPS) is 44.2. The Hall–Kier alpha value is -1.93. The number of carboxylic acid groups (broad SMARTS) is 1. The highest BCUT2D eigenvalue weighted by atomic mass is 16.6. The fraction of sp³-hybridized carbons (Fsp3) is 0.865. The molecule has 254 valence electrons. The van der Waals surface area contributed by atoms with E-state index in [4.69, 9.17) is 14.6 Å². The van der Waals surface area contributed by atoms with Crippen LogP contribution in [0.3, 0.4) is 0 Å². The Kier molecular flexibility index (Phi) is 9.13. The number of allylic oxidation sites excluding steroid dienone is 2. The molecule has 0 aromatic carbocycles. The van der Waals surface area contributed by atoms with Crippen LogP contribution in [0, 0.1) is 56.7 Å². The summed E-state index contributed by atoms with van der Waals surface area (Å²) in [4.78, 5) is 37.9. The highest BCUT2D eigenvalue weighted by Crippen LogP contribution is 2.75. The van der Waals surface area contributed by atoms with Gasteiger partial charge in [-0.15, -0.1) is 0 Å². The number of aliphatic hydroxyl groups excluding tert-OH is 2. The zero-order valence-corrected chi connectivity index (χ0v) is 28.7. The lowest BCUT2D eigenvalue weighted by molar-refractivity contribution is -0.214. The van der Waals surface area contributed by atoms with Crippen LogP contribution < -0.4 is 0 Å². The summed E-state index contributed by atoms with van der Waals surface area (Å²) >= 11 is 0. The Morgan fingerprint density at radius 3 is 2.27 bits per heavy atom. The van der Waals surface area contributed by atoms with E-state index in [1.165, 1.54) is 5.57 Å². The van der Waals surface area contributed by atoms with Crippen LogP contribution in [0.4, 0.5) is 0 Å². The van der Waals surface area contributed by atoms with Crippen molar-refractivity contribution in [1.29, 1.82) is 0 Å². The maximum atomic E-state index is 13.0. The van der Waals surface area contributed by atoms with Crippen molar-refractivity contribution in [2.75, 3.05) is 13.2 Å². The summed E-state index contributed by atoms with van der Waals surface area (Å²) in [5.74, 6) is 0.210. The SMILES string of the molecule is C[C@@H]1CC[C@]2(C(=O)O)CC[C@]3(C)C(=CC[C@@H]4[C@@]5(C)CC[C@H](OC(=O)CCC(=O)OCC(O)CO)C(C)(C)[C@@H]5CC[C@]43C)C2[C@H]1C. The minimum Gasteiger partial charge on any atom is -0.481 e. The maximum Gasteiger partial charge on any atom is 0.310 e. The van der Waals surface area contributed by atoms with Crippen LogP contribution in [0.2, 0.25) is 0 Å². The third kappa shape index (κ3) is 5.28. The molecule has 0 radical (unpaired) electrons. The Morgan fingerprint density at radius 1 is 0.911 bits per heavy atom. The summed E-state index contributed by atoms with van der Waals surface area (Å²) in [5, 5.41) is 28.9. The summed E-state index contributed by atoms with van der Waals surface area (Å²) in [6, 6.07) is 0. The van der Waals surface area contributed by atoms with Crippen molar-refractivity contribution in [3.63, 3.8) is 0 Å². The van der Waals surface area contributed by atoms with E-state index in [9.17, 15) is 24.6 Å². The zero-order chi connectivity index (χ0) is 33.2. The number of carboxylic acids is 1. The van der Waals surface area contributed by atoms with Crippen molar-refractivity contribution in [3.8, 4) is 0 Å². The first-order valence-electron chi connectivity index (χ1n) is 17.6. The third-order valence-corrected chi connectivity index (χ3v) is 14.8. The van der Waals surface area contributed by atoms with Gasteiger partial charge in [0.1, 0.15) is 18.8 Å². The first-order chi connectivity index (χ1) is 21.0. The number of rotatable bonds is 8. The zero-order valence-electron chi connectivity index (χ0n) is 28.7. The Labute approximate surface area is 269 Å². The summed E-state index contributed by atoms with van der Waals surface area (Å²) in [6.07, 6.45) is 9.28. The average molecular weight is 631 g/mol. The average Bonchev–Trinajstić information content (AvgIpc) is 2.98. The van der Waals surface area contributed by atoms with E-state index in [0.29, 0.717) is 23.7 Å². The molecule has 0 aliphatic heterocycles. The van der Waals surface area contributed by atoms with E-state index >= 15 is 0 Å². The topological polar surface area (TPSA) is 130 Å². The van der Waals surface area contributed by atoms with E-state index in [-0.39, 0.29) is 53.1 Å². The first-order valence-corrected chi connectivity index (χ1v) is 17.6. The van der Waals surface area contributed by atoms with Gasteiger partial charge in [-0.25, -0.2) is 0 Å². The predicted octanol–water partition coefficient (Wildman–Crippen LogP) is 6.32. The van der Waals surface area contributed by atoms with Crippen LogP contribution in [0.25, 0.3) is 0 Å². The molecule has 8 heteroatoms. The number of hydrogen-bond acceptors (Lipinski definition) is 7. The van der Waals surface area contributed by atoms with Gasteiger partial charge in [0.15, 0.2) is 0 Å². The molecular formula is C37H58O8. The number of fused-ring (bicyclic) bond motifs is 7. The van der Waals surface area contributed by atoms with Crippen LogP contribution in [0.15, 0.2) is 11.6 Å². The van der Waals surface area contributed by atoms with Crippen molar-refractivity contribution in [2.24, 2.45) is 56.7 Å². The Balaban J connectivity index is 1.34. The predicted molar refractivity (Wildman–Crippen MR) is 170 cm³/mol. The van der Waals surface area contributed by atoms with Gasteiger partial charge in [-0.3, -0.25) is 14.4 Å². The molecule has 3 N–H and O–H groups in total. The van der Waals surface area contributed by atoms with Gasteiger partial charge < -0.3 is 24.8 Å². The molecular weight excluding hydrogens is 572 g/mol. The summed E-state index contributed by atoms with van der Waals surface area (Å²) < 4.78 is 11.0. The van der Waals surface area contributed by atoms with Crippen LogP contribution >= 0.6 is 0 Å². The number of aliphatic hydroxyl groups is 2. The smallest absolute Gasteiger partial charge is 0.310 e. The van der Waals surface area contributed by atoms with Gasteiger partial charge in [0, 0.05) is 5.41 Å². The lowest BCUT2D eigenvalue weighted by Crippen LogP contribution is -2.65. The Bertz CT molecular complexity index is 1210. The van der Waals surface area contributed by atoms with Crippen LogP contribution in [0.5, 0.6) is 0 Å². The van der Waals surface area contributed by atoms with Gasteiger partial charge >= 0.3 is 17.9 Å². The second kappa shape index (κ2) is 11.9. The molecule has 0 bridgehead atoms. The van der Waals surface area contributed by atoms with Gasteiger partial charge in [-0.1, -0.05) is 60.1 Å². The molecule has 5 aliphatic rings. The maximum absolute atomic E-state index is 13.0. The van der Waals surface area contributed by atoms with Gasteiger partial charge in [-0.05, 0) is 104 Å². The molecule has 4 saturated carbocycles. The van der Waals surface area contributed by atoms with E-state index in [1.54, 1.807) is 0 Å². The number of carbonyl (C=O) groups is 3. The van der Waals surface area contributed by atoms with Gasteiger partial charge in [0.05, 0.1) is 24.9 Å². The molecule has 0 heterocycles. The minimum absolute atomic E-state index is 0.0336. The molecule has 2 unspecified atom stereocenters. The molecule has 8 nitrogen and oxygen atoms in total. The highest BCUT2D eigenvalue weighted by Gasteiger charge is 2.69. The Morgan fingerprint density at radius 2 is 1.60 bits per heavy atom. The number of carbonyl (C=O) groups excluding carboxylic acids is 2. The summed E-state index contributed by atoms with van der Waals surface area (Å²) in [7, 11) is 0. The molecule has 0 saturated heterocycles. The largest absolute Gasteiger partial charge is 0.481 e. The van der Waals surface area contributed by atoms with Crippen molar-refractivity contribution >= 4 is 17.9 Å². The third-order valence-electron chi connectivity index (χ3n) is 14.8. The monoisotopic (exact) mass is 630 g/mol. The fourth-order valence-corrected chi connectivity index (χ4v) is 11.8. The number of esters is 2. The fourth-order valence-electron chi connectivity index (χ4n) is 11.8. The number of hydrogen-bond donors (Lipinski definition) is 3. The molecule has 45 heavy (non-hydrogen) atoms. The van der Waals surface area contributed by atoms with Crippen LogP contribution in [0.1, 0.15) is 119 Å². The summed E-state index contributed by atoms with van der Waals surface area (Å²) in [6.45, 7) is 15.8. The first kappa shape index (κ1) is 34.4. The van der Waals surface area contributed by atoms with Crippen LogP contribution in [-0.2, 0) is 23.9 Å².